The van der Waals surface area contributed by atoms with Gasteiger partial charge in [0.05, 0.1) is 11.8 Å². The van der Waals surface area contributed by atoms with Gasteiger partial charge in [0, 0.05) is 24.3 Å². The largest absolute Gasteiger partial charge is 0.387 e. The number of nitrogens with zero attached hydrogens (tertiary/aromatic N) is 2. The summed E-state index contributed by atoms with van der Waals surface area (Å²) in [5.74, 6) is 0. The fraction of sp³-hybridized carbons (Fsp3) is 0.700. The molecule has 1 aromatic rings. The van der Waals surface area contributed by atoms with E-state index in [2.05, 4.69) is 5.10 Å². The molecule has 2 unspecified atom stereocenters. The number of aryl methyl sites for hydroxylation is 2. The van der Waals surface area contributed by atoms with E-state index >= 15 is 0 Å². The third-order valence-electron chi connectivity index (χ3n) is 2.74. The molecule has 0 aliphatic rings. The summed E-state index contributed by atoms with van der Waals surface area (Å²) >= 11 is 0. The summed E-state index contributed by atoms with van der Waals surface area (Å²) in [6.07, 6.45) is 0.156. The van der Waals surface area contributed by atoms with Crippen molar-refractivity contribution in [2.75, 3.05) is 0 Å². The Hall–Kier alpha value is -0.870. The molecule has 0 saturated carbocycles. The van der Waals surface area contributed by atoms with Crippen molar-refractivity contribution in [3.63, 3.8) is 0 Å². The van der Waals surface area contributed by atoms with Crippen LogP contribution in [0.5, 0.6) is 0 Å². The third-order valence-corrected chi connectivity index (χ3v) is 2.74. The lowest BCUT2D eigenvalue weighted by Gasteiger charge is -2.17. The smallest absolute Gasteiger partial charge is 0.0976 e. The van der Waals surface area contributed by atoms with Crippen molar-refractivity contribution in [2.24, 2.45) is 12.8 Å². The molecule has 0 amide bonds. The molecule has 4 heteroatoms. The van der Waals surface area contributed by atoms with Crippen molar-refractivity contribution >= 4 is 0 Å². The van der Waals surface area contributed by atoms with Gasteiger partial charge < -0.3 is 10.8 Å². The van der Waals surface area contributed by atoms with Gasteiger partial charge >= 0.3 is 0 Å². The van der Waals surface area contributed by atoms with Gasteiger partial charge in [0.1, 0.15) is 0 Å². The van der Waals surface area contributed by atoms with E-state index in [1.807, 2.05) is 27.8 Å². The van der Waals surface area contributed by atoms with E-state index in [1.165, 1.54) is 0 Å². The van der Waals surface area contributed by atoms with Crippen molar-refractivity contribution in [3.8, 4) is 0 Å². The van der Waals surface area contributed by atoms with Gasteiger partial charge in [-0.15, -0.1) is 0 Å². The highest BCUT2D eigenvalue weighted by Crippen LogP contribution is 2.23. The molecule has 0 saturated heterocycles. The van der Waals surface area contributed by atoms with Crippen LogP contribution in [0.15, 0.2) is 0 Å². The highest BCUT2D eigenvalue weighted by molar-refractivity contribution is 5.27. The lowest BCUT2D eigenvalue weighted by molar-refractivity contribution is 0.143. The van der Waals surface area contributed by atoms with Crippen molar-refractivity contribution in [1.29, 1.82) is 0 Å². The van der Waals surface area contributed by atoms with E-state index in [0.717, 1.165) is 23.4 Å². The minimum atomic E-state index is -0.603. The van der Waals surface area contributed by atoms with Crippen LogP contribution in [-0.4, -0.2) is 20.9 Å². The first-order chi connectivity index (χ1) is 6.49. The van der Waals surface area contributed by atoms with Crippen LogP contribution in [-0.2, 0) is 7.05 Å². The predicted octanol–water partition coefficient (Wildman–Crippen LogP) is 0.808. The molecule has 1 rings (SSSR count). The Morgan fingerprint density at radius 3 is 2.43 bits per heavy atom. The quantitative estimate of drug-likeness (QED) is 0.753. The Labute approximate surface area is 84.7 Å². The molecule has 2 atom stereocenters. The summed E-state index contributed by atoms with van der Waals surface area (Å²) in [7, 11) is 1.87. The molecular formula is C10H19N3O. The second-order valence-electron chi connectivity index (χ2n) is 3.73. The highest BCUT2D eigenvalue weighted by Gasteiger charge is 2.22. The molecule has 0 aromatic carbocycles. The maximum absolute atomic E-state index is 9.99. The number of aliphatic hydroxyl groups is 1. The van der Waals surface area contributed by atoms with Crippen LogP contribution in [0.3, 0.4) is 0 Å². The lowest BCUT2D eigenvalue weighted by Crippen LogP contribution is -2.28. The van der Waals surface area contributed by atoms with Gasteiger partial charge in [-0.05, 0) is 20.3 Å². The maximum Gasteiger partial charge on any atom is 0.0976 e. The third kappa shape index (κ3) is 1.81. The molecule has 0 aliphatic heterocycles. The molecule has 80 valence electrons. The molecule has 4 nitrogen and oxygen atoms in total. The van der Waals surface area contributed by atoms with Crippen LogP contribution < -0.4 is 5.73 Å². The second-order valence-corrected chi connectivity index (χ2v) is 3.73. The SMILES string of the molecule is CCC(N)C(O)c1c(C)nn(C)c1C. The van der Waals surface area contributed by atoms with Crippen LogP contribution in [0.2, 0.25) is 0 Å². The molecule has 1 aromatic heterocycles. The molecule has 0 aliphatic carbocycles. The van der Waals surface area contributed by atoms with Gasteiger partial charge in [-0.25, -0.2) is 0 Å². The van der Waals surface area contributed by atoms with Crippen molar-refractivity contribution in [3.05, 3.63) is 17.0 Å². The molecule has 0 spiro atoms. The first kappa shape index (κ1) is 11.2. The van der Waals surface area contributed by atoms with Gasteiger partial charge in [0.15, 0.2) is 0 Å². The average Bonchev–Trinajstić information content (AvgIpc) is 2.39. The molecule has 1 heterocycles. The van der Waals surface area contributed by atoms with E-state index in [9.17, 15) is 5.11 Å². The van der Waals surface area contributed by atoms with Crippen LogP contribution in [0, 0.1) is 13.8 Å². The van der Waals surface area contributed by atoms with Gasteiger partial charge in [-0.3, -0.25) is 4.68 Å². The summed E-state index contributed by atoms with van der Waals surface area (Å²) in [6, 6.07) is -0.211. The number of hydrogen-bond donors (Lipinski definition) is 2. The minimum absolute atomic E-state index is 0.211. The normalized spacial score (nSPS) is 15.6. The molecule has 0 fully saturated rings. The Kier molecular flexibility index (Phi) is 3.29. The topological polar surface area (TPSA) is 64.1 Å². The number of hydrogen-bond acceptors (Lipinski definition) is 3. The summed E-state index contributed by atoms with van der Waals surface area (Å²) < 4.78 is 1.77. The fourth-order valence-corrected chi connectivity index (χ4v) is 1.66. The standard InChI is InChI=1S/C10H19N3O/c1-5-8(11)10(14)9-6(2)12-13(4)7(9)3/h8,10,14H,5,11H2,1-4H3. The Morgan fingerprint density at radius 1 is 1.50 bits per heavy atom. The van der Waals surface area contributed by atoms with Crippen LogP contribution in [0.4, 0.5) is 0 Å². The van der Waals surface area contributed by atoms with Crippen LogP contribution in [0.25, 0.3) is 0 Å². The highest BCUT2D eigenvalue weighted by atomic mass is 16.3. The predicted molar refractivity (Wildman–Crippen MR) is 55.9 cm³/mol. The summed E-state index contributed by atoms with van der Waals surface area (Å²) in [4.78, 5) is 0. The molecule has 14 heavy (non-hydrogen) atoms. The van der Waals surface area contributed by atoms with E-state index in [-0.39, 0.29) is 6.04 Å². The molecule has 0 bridgehead atoms. The molecule has 0 radical (unpaired) electrons. The Morgan fingerprint density at radius 2 is 2.07 bits per heavy atom. The average molecular weight is 197 g/mol. The summed E-state index contributed by atoms with van der Waals surface area (Å²) in [6.45, 7) is 5.81. The number of nitrogens with two attached hydrogens (primary N) is 1. The first-order valence-corrected chi connectivity index (χ1v) is 4.92. The van der Waals surface area contributed by atoms with Crippen molar-refractivity contribution < 1.29 is 5.11 Å². The summed E-state index contributed by atoms with van der Waals surface area (Å²) in [5.41, 5.74) is 8.53. The van der Waals surface area contributed by atoms with Crippen molar-refractivity contribution in [2.45, 2.75) is 39.3 Å². The maximum atomic E-state index is 9.99. The first-order valence-electron chi connectivity index (χ1n) is 4.92. The van der Waals surface area contributed by atoms with E-state index in [0.29, 0.717) is 0 Å². The zero-order valence-electron chi connectivity index (χ0n) is 9.28. The number of aromatic nitrogens is 2. The zero-order chi connectivity index (χ0) is 10.9. The molecular weight excluding hydrogens is 178 g/mol. The second kappa shape index (κ2) is 4.11. The minimum Gasteiger partial charge on any atom is -0.387 e. The van der Waals surface area contributed by atoms with E-state index < -0.39 is 6.10 Å². The van der Waals surface area contributed by atoms with Gasteiger partial charge in [-0.1, -0.05) is 6.92 Å². The summed E-state index contributed by atoms with van der Waals surface area (Å²) in [5, 5.41) is 14.2. The van der Waals surface area contributed by atoms with E-state index in [1.54, 1.807) is 4.68 Å². The molecule has 3 N–H and O–H groups in total. The fourth-order valence-electron chi connectivity index (χ4n) is 1.66. The van der Waals surface area contributed by atoms with Crippen LogP contribution in [0.1, 0.15) is 36.4 Å². The zero-order valence-corrected chi connectivity index (χ0v) is 9.28. The van der Waals surface area contributed by atoms with E-state index in [4.69, 9.17) is 5.73 Å². The van der Waals surface area contributed by atoms with Gasteiger partial charge in [0.25, 0.3) is 0 Å². The Balaban J connectivity index is 3.05. The Bertz CT molecular complexity index is 319. The van der Waals surface area contributed by atoms with Gasteiger partial charge in [-0.2, -0.15) is 5.10 Å². The number of aliphatic hydroxyl groups excluding tert-OH is 1. The van der Waals surface area contributed by atoms with Crippen molar-refractivity contribution in [1.82, 2.24) is 9.78 Å². The van der Waals surface area contributed by atoms with Gasteiger partial charge in [0.2, 0.25) is 0 Å². The van der Waals surface area contributed by atoms with Crippen LogP contribution >= 0.6 is 0 Å². The monoisotopic (exact) mass is 197 g/mol. The number of rotatable bonds is 3. The lowest BCUT2D eigenvalue weighted by atomic mass is 9.99.